The third kappa shape index (κ3) is 4.61. The average molecular weight is 166 g/mol. The molecule has 0 amide bonds. The van der Waals surface area contributed by atoms with E-state index in [1.807, 2.05) is 6.92 Å². The molecule has 2 nitrogen and oxygen atoms in total. The van der Waals surface area contributed by atoms with Gasteiger partial charge >= 0.3 is 0 Å². The van der Waals surface area contributed by atoms with Crippen molar-refractivity contribution in [3.05, 3.63) is 25.3 Å². The molecule has 0 aromatic heterocycles. The highest BCUT2D eigenvalue weighted by Gasteiger charge is 2.08. The second kappa shape index (κ2) is 5.47. The maximum atomic E-state index is 10.8. The third-order valence-corrected chi connectivity index (χ3v) is 1.55. The lowest BCUT2D eigenvalue weighted by Crippen LogP contribution is -2.07. The summed E-state index contributed by atoms with van der Waals surface area (Å²) in [7, 11) is 0. The number of ketones is 2. The molecule has 0 fully saturated rings. The Morgan fingerprint density at radius 1 is 1.17 bits per heavy atom. The van der Waals surface area contributed by atoms with Gasteiger partial charge in [0.25, 0.3) is 0 Å². The van der Waals surface area contributed by atoms with Gasteiger partial charge in [-0.1, -0.05) is 20.1 Å². The quantitative estimate of drug-likeness (QED) is 0.565. The Morgan fingerprint density at radius 3 is 1.75 bits per heavy atom. The fourth-order valence-corrected chi connectivity index (χ4v) is 0.926. The number of carbonyl (C=O) groups is 2. The first-order valence-corrected chi connectivity index (χ1v) is 3.90. The van der Waals surface area contributed by atoms with Crippen LogP contribution in [0.5, 0.6) is 0 Å². The van der Waals surface area contributed by atoms with Gasteiger partial charge in [-0.15, -0.1) is 0 Å². The summed E-state index contributed by atoms with van der Waals surface area (Å²) in [5, 5.41) is 0. The molecule has 0 rings (SSSR count). The van der Waals surface area contributed by atoms with Crippen molar-refractivity contribution in [2.75, 3.05) is 0 Å². The highest BCUT2D eigenvalue weighted by molar-refractivity contribution is 5.91. The number of hydrogen-bond donors (Lipinski definition) is 0. The Balaban J connectivity index is 3.80. The minimum atomic E-state index is -0.0145. The minimum absolute atomic E-state index is 0.0145. The van der Waals surface area contributed by atoms with Crippen molar-refractivity contribution in [2.24, 2.45) is 5.92 Å². The smallest absolute Gasteiger partial charge is 0.155 e. The maximum absolute atomic E-state index is 10.8. The van der Waals surface area contributed by atoms with Gasteiger partial charge in [0, 0.05) is 12.8 Å². The van der Waals surface area contributed by atoms with Crippen LogP contribution in [0, 0.1) is 5.92 Å². The Hall–Kier alpha value is -1.18. The summed E-state index contributed by atoms with van der Waals surface area (Å²) in [6.45, 7) is 8.58. The molecule has 0 N–H and O–H groups in total. The Bertz CT molecular complexity index is 182. The molecule has 12 heavy (non-hydrogen) atoms. The molecule has 0 spiro atoms. The van der Waals surface area contributed by atoms with E-state index in [4.69, 9.17) is 0 Å². The maximum Gasteiger partial charge on any atom is 0.155 e. The van der Waals surface area contributed by atoms with Gasteiger partial charge in [0.2, 0.25) is 0 Å². The first-order chi connectivity index (χ1) is 5.60. The highest BCUT2D eigenvalue weighted by Crippen LogP contribution is 2.08. The van der Waals surface area contributed by atoms with E-state index in [9.17, 15) is 9.59 Å². The van der Waals surface area contributed by atoms with Gasteiger partial charge in [-0.2, -0.15) is 0 Å². The molecule has 0 radical (unpaired) electrons. The molecule has 0 aromatic carbocycles. The van der Waals surface area contributed by atoms with Crippen LogP contribution in [0.25, 0.3) is 0 Å². The Labute approximate surface area is 73.0 Å². The molecule has 66 valence electrons. The van der Waals surface area contributed by atoms with Crippen LogP contribution in [0.1, 0.15) is 19.8 Å². The third-order valence-electron chi connectivity index (χ3n) is 1.55. The van der Waals surface area contributed by atoms with Crippen LogP contribution in [0.15, 0.2) is 25.3 Å². The monoisotopic (exact) mass is 166 g/mol. The zero-order valence-electron chi connectivity index (χ0n) is 7.38. The zero-order chi connectivity index (χ0) is 9.56. The minimum Gasteiger partial charge on any atom is -0.295 e. The summed E-state index contributed by atoms with van der Waals surface area (Å²) in [5.74, 6) is 0.0553. The van der Waals surface area contributed by atoms with Crippen LogP contribution in [0.3, 0.4) is 0 Å². The fourth-order valence-electron chi connectivity index (χ4n) is 0.926. The topological polar surface area (TPSA) is 34.1 Å². The van der Waals surface area contributed by atoms with Crippen molar-refractivity contribution in [1.29, 1.82) is 0 Å². The van der Waals surface area contributed by atoms with Crippen molar-refractivity contribution >= 4 is 11.6 Å². The van der Waals surface area contributed by atoms with Crippen LogP contribution >= 0.6 is 0 Å². The predicted octanol–water partition coefficient (Wildman–Crippen LogP) is 1.91. The fraction of sp³-hybridized carbons (Fsp3) is 0.400. The van der Waals surface area contributed by atoms with Crippen molar-refractivity contribution in [3.63, 3.8) is 0 Å². The van der Waals surface area contributed by atoms with Crippen molar-refractivity contribution in [1.82, 2.24) is 0 Å². The molecule has 0 saturated carbocycles. The summed E-state index contributed by atoms with van der Waals surface area (Å²) < 4.78 is 0. The summed E-state index contributed by atoms with van der Waals surface area (Å²) in [5.41, 5.74) is 0. The number of carbonyl (C=O) groups excluding carboxylic acids is 2. The van der Waals surface area contributed by atoms with E-state index in [1.54, 1.807) is 0 Å². The first kappa shape index (κ1) is 10.8. The molecular weight excluding hydrogens is 152 g/mol. The number of allylic oxidation sites excluding steroid dienone is 2. The van der Waals surface area contributed by atoms with E-state index in [2.05, 4.69) is 13.2 Å². The molecule has 0 aliphatic heterocycles. The largest absolute Gasteiger partial charge is 0.295 e. The standard InChI is InChI=1S/C10H14O2/c1-4-9(11)6-8(3)7-10(12)5-2/h4-5,8H,1-2,6-7H2,3H3. The number of hydrogen-bond acceptors (Lipinski definition) is 2. The summed E-state index contributed by atoms with van der Waals surface area (Å²) in [6.07, 6.45) is 3.36. The molecule has 0 heterocycles. The Morgan fingerprint density at radius 2 is 1.50 bits per heavy atom. The molecule has 2 heteroatoms. The van der Waals surface area contributed by atoms with E-state index in [1.165, 1.54) is 12.2 Å². The number of rotatable bonds is 6. The van der Waals surface area contributed by atoms with Gasteiger partial charge in [0.05, 0.1) is 0 Å². The summed E-state index contributed by atoms with van der Waals surface area (Å²) in [4.78, 5) is 21.7. The molecule has 0 unspecified atom stereocenters. The lowest BCUT2D eigenvalue weighted by atomic mass is 9.98. The highest BCUT2D eigenvalue weighted by atomic mass is 16.1. The van der Waals surface area contributed by atoms with Crippen LogP contribution in [-0.4, -0.2) is 11.6 Å². The lowest BCUT2D eigenvalue weighted by molar-refractivity contribution is -0.117. The molecular formula is C10H14O2. The van der Waals surface area contributed by atoms with Crippen molar-refractivity contribution in [2.45, 2.75) is 19.8 Å². The van der Waals surface area contributed by atoms with E-state index in [0.29, 0.717) is 12.8 Å². The molecule has 0 aliphatic rings. The normalized spacial score (nSPS) is 9.50. The summed E-state index contributed by atoms with van der Waals surface area (Å²) in [6, 6.07) is 0. The van der Waals surface area contributed by atoms with Gasteiger partial charge in [-0.3, -0.25) is 9.59 Å². The second-order valence-corrected chi connectivity index (χ2v) is 2.85. The van der Waals surface area contributed by atoms with Gasteiger partial charge in [0.15, 0.2) is 11.6 Å². The average Bonchev–Trinajstić information content (AvgIpc) is 2.03. The van der Waals surface area contributed by atoms with Gasteiger partial charge in [-0.25, -0.2) is 0 Å². The molecule has 0 aromatic rings. The zero-order valence-corrected chi connectivity index (χ0v) is 7.38. The van der Waals surface area contributed by atoms with Crippen LogP contribution in [0.4, 0.5) is 0 Å². The molecule has 0 aliphatic carbocycles. The lowest BCUT2D eigenvalue weighted by Gasteiger charge is -2.05. The SMILES string of the molecule is C=CC(=O)CC(C)CC(=O)C=C. The van der Waals surface area contributed by atoms with E-state index < -0.39 is 0 Å². The molecule has 0 atom stereocenters. The first-order valence-electron chi connectivity index (χ1n) is 3.90. The van der Waals surface area contributed by atoms with E-state index in [0.717, 1.165) is 0 Å². The van der Waals surface area contributed by atoms with Gasteiger partial charge in [-0.05, 0) is 18.1 Å². The summed E-state index contributed by atoms with van der Waals surface area (Å²) >= 11 is 0. The Kier molecular flexibility index (Phi) is 4.93. The second-order valence-electron chi connectivity index (χ2n) is 2.85. The van der Waals surface area contributed by atoms with Crippen LogP contribution < -0.4 is 0 Å². The van der Waals surface area contributed by atoms with Crippen molar-refractivity contribution in [3.8, 4) is 0 Å². The molecule has 0 saturated heterocycles. The molecule has 0 bridgehead atoms. The predicted molar refractivity (Wildman–Crippen MR) is 48.8 cm³/mol. The van der Waals surface area contributed by atoms with Crippen LogP contribution in [-0.2, 0) is 9.59 Å². The van der Waals surface area contributed by atoms with Crippen LogP contribution in [0.2, 0.25) is 0 Å². The van der Waals surface area contributed by atoms with Gasteiger partial charge < -0.3 is 0 Å². The van der Waals surface area contributed by atoms with Gasteiger partial charge in [0.1, 0.15) is 0 Å². The van der Waals surface area contributed by atoms with E-state index >= 15 is 0 Å². The van der Waals surface area contributed by atoms with E-state index in [-0.39, 0.29) is 17.5 Å². The van der Waals surface area contributed by atoms with Crippen molar-refractivity contribution < 1.29 is 9.59 Å².